The van der Waals surface area contributed by atoms with Gasteiger partial charge in [0.25, 0.3) is 0 Å². The second-order valence-corrected chi connectivity index (χ2v) is 8.24. The van der Waals surface area contributed by atoms with Crippen molar-refractivity contribution in [3.63, 3.8) is 0 Å². The van der Waals surface area contributed by atoms with Crippen molar-refractivity contribution in [1.82, 2.24) is 0 Å². The van der Waals surface area contributed by atoms with Gasteiger partial charge in [0, 0.05) is 12.0 Å². The molecular weight excluding hydrogens is 416 g/mol. The van der Waals surface area contributed by atoms with Gasteiger partial charge in [-0.05, 0) is 45.9 Å². The third-order valence-corrected chi connectivity index (χ3v) is 4.76. The lowest BCUT2D eigenvalue weighted by molar-refractivity contribution is -0.153. The summed E-state index contributed by atoms with van der Waals surface area (Å²) in [6, 6.07) is 1.64. The zero-order valence-electron chi connectivity index (χ0n) is 19.2. The largest absolute Gasteiger partial charge is 0.496 e. The normalized spacial score (nSPS) is 16.5. The van der Waals surface area contributed by atoms with Gasteiger partial charge in [0.15, 0.2) is 0 Å². The molecule has 174 valence electrons. The predicted molar refractivity (Wildman–Crippen MR) is 119 cm³/mol. The van der Waals surface area contributed by atoms with Gasteiger partial charge < -0.3 is 29.7 Å². The van der Waals surface area contributed by atoms with Crippen LogP contribution in [0.1, 0.15) is 63.3 Å². The zero-order chi connectivity index (χ0) is 24.1. The molecule has 1 aliphatic rings. The van der Waals surface area contributed by atoms with E-state index in [2.05, 4.69) is 10.3 Å². The van der Waals surface area contributed by atoms with Crippen LogP contribution < -0.4 is 9.47 Å². The second kappa shape index (κ2) is 10.3. The van der Waals surface area contributed by atoms with Crippen LogP contribution in [0.5, 0.6) is 11.5 Å². The van der Waals surface area contributed by atoms with E-state index in [0.29, 0.717) is 28.9 Å². The first kappa shape index (κ1) is 24.9. The van der Waals surface area contributed by atoms with Crippen LogP contribution in [-0.2, 0) is 9.53 Å². The van der Waals surface area contributed by atoms with E-state index in [4.69, 9.17) is 14.2 Å². The van der Waals surface area contributed by atoms with Gasteiger partial charge in [0.1, 0.15) is 29.0 Å². The van der Waals surface area contributed by atoms with Crippen molar-refractivity contribution in [2.24, 2.45) is 10.3 Å². The summed E-state index contributed by atoms with van der Waals surface area (Å²) < 4.78 is 16.9. The number of allylic oxidation sites excluding steroid dienone is 3. The van der Waals surface area contributed by atoms with Crippen molar-refractivity contribution in [1.29, 1.82) is 0 Å². The Kier molecular flexibility index (Phi) is 8.04. The molecule has 0 amide bonds. The lowest BCUT2D eigenvalue weighted by Gasteiger charge is -2.26. The molecule has 1 atom stereocenters. The Morgan fingerprint density at radius 2 is 1.69 bits per heavy atom. The highest BCUT2D eigenvalue weighted by Crippen LogP contribution is 2.42. The summed E-state index contributed by atoms with van der Waals surface area (Å²) in [6.07, 6.45) is 4.21. The number of ether oxygens (including phenoxy) is 3. The van der Waals surface area contributed by atoms with E-state index in [9.17, 15) is 20.3 Å². The fourth-order valence-electron chi connectivity index (χ4n) is 3.40. The van der Waals surface area contributed by atoms with Gasteiger partial charge in [-0.3, -0.25) is 4.79 Å². The average molecular weight is 447 g/mol. The summed E-state index contributed by atoms with van der Waals surface area (Å²) in [5.41, 5.74) is 1.31. The van der Waals surface area contributed by atoms with E-state index in [1.807, 2.05) is 19.9 Å². The van der Waals surface area contributed by atoms with E-state index < -0.39 is 17.7 Å². The van der Waals surface area contributed by atoms with Crippen molar-refractivity contribution in [3.8, 4) is 11.5 Å². The first-order valence-corrected chi connectivity index (χ1v) is 10.0. The number of methoxy groups -OCH3 is 2. The number of nitrogens with zero attached hydrogens (tertiary/aromatic N) is 2. The van der Waals surface area contributed by atoms with Crippen LogP contribution in [-0.4, -0.2) is 52.7 Å². The summed E-state index contributed by atoms with van der Waals surface area (Å²) in [7, 11) is 2.88. The monoisotopic (exact) mass is 446 g/mol. The van der Waals surface area contributed by atoms with Crippen molar-refractivity contribution in [2.75, 3.05) is 14.2 Å². The molecule has 0 heterocycles. The molecule has 0 radical (unpaired) electrons. The molecule has 3 N–H and O–H groups in total. The number of fused-ring (bicyclic) bond motifs is 1. The molecule has 1 aliphatic carbocycles. The molecule has 0 spiro atoms. The van der Waals surface area contributed by atoms with Crippen molar-refractivity contribution < 1.29 is 34.5 Å². The van der Waals surface area contributed by atoms with Crippen LogP contribution in [0.3, 0.4) is 0 Å². The Hall–Kier alpha value is -3.33. The standard InChI is InChI=1S/C23H30N2O7/c1-13(2)7-10-17(32-19(26)12-23(3,4)27)14-11-18(30-5)20-15(24-28)8-9-16(25-29)21(20)22(14)31-6/h7-9,11,17,27-29H,10,12H2,1-6H3/t17-/m1/s1. The highest BCUT2D eigenvalue weighted by molar-refractivity contribution is 6.27. The Morgan fingerprint density at radius 3 is 2.16 bits per heavy atom. The Morgan fingerprint density at radius 1 is 1.09 bits per heavy atom. The minimum absolute atomic E-state index is 0.160. The molecule has 32 heavy (non-hydrogen) atoms. The number of carbonyl (C=O) groups is 1. The van der Waals surface area contributed by atoms with Gasteiger partial charge in [-0.2, -0.15) is 0 Å². The molecule has 0 bridgehead atoms. The van der Waals surface area contributed by atoms with Crippen molar-refractivity contribution in [2.45, 2.75) is 52.2 Å². The Balaban J connectivity index is 2.73. The van der Waals surface area contributed by atoms with Gasteiger partial charge in [-0.25, -0.2) is 0 Å². The minimum Gasteiger partial charge on any atom is -0.496 e. The highest BCUT2D eigenvalue weighted by Gasteiger charge is 2.32. The minimum atomic E-state index is -1.23. The molecule has 0 aromatic heterocycles. The maximum Gasteiger partial charge on any atom is 0.309 e. The number of hydrogen-bond acceptors (Lipinski definition) is 9. The Labute approximate surface area is 187 Å². The molecule has 0 saturated heterocycles. The first-order chi connectivity index (χ1) is 15.1. The van der Waals surface area contributed by atoms with E-state index in [1.165, 1.54) is 40.2 Å². The third-order valence-electron chi connectivity index (χ3n) is 4.76. The van der Waals surface area contributed by atoms with E-state index in [1.54, 1.807) is 6.07 Å². The highest BCUT2D eigenvalue weighted by atomic mass is 16.5. The number of esters is 1. The lowest BCUT2D eigenvalue weighted by Crippen LogP contribution is -2.26. The van der Waals surface area contributed by atoms with Crippen LogP contribution in [0.2, 0.25) is 0 Å². The number of aliphatic hydroxyl groups is 1. The van der Waals surface area contributed by atoms with Gasteiger partial charge in [0.2, 0.25) is 0 Å². The zero-order valence-corrected chi connectivity index (χ0v) is 19.2. The molecule has 2 rings (SSSR count). The van der Waals surface area contributed by atoms with Crippen LogP contribution in [0.4, 0.5) is 0 Å². The van der Waals surface area contributed by atoms with Gasteiger partial charge in [-0.1, -0.05) is 22.0 Å². The lowest BCUT2D eigenvalue weighted by atomic mass is 9.88. The molecule has 0 fully saturated rings. The summed E-state index contributed by atoms with van der Waals surface area (Å²) in [4.78, 5) is 12.5. The number of carbonyl (C=O) groups excluding carboxylic acids is 1. The molecule has 0 unspecified atom stereocenters. The summed E-state index contributed by atoms with van der Waals surface area (Å²) in [5.74, 6) is 0.00843. The van der Waals surface area contributed by atoms with Gasteiger partial charge in [0.05, 0.1) is 37.4 Å². The Bertz CT molecular complexity index is 981. The number of hydrogen-bond donors (Lipinski definition) is 3. The van der Waals surface area contributed by atoms with Gasteiger partial charge >= 0.3 is 5.97 Å². The van der Waals surface area contributed by atoms with Crippen LogP contribution in [0, 0.1) is 0 Å². The molecule has 9 heteroatoms. The third kappa shape index (κ3) is 5.67. The smallest absolute Gasteiger partial charge is 0.309 e. The maximum atomic E-state index is 12.5. The predicted octanol–water partition coefficient (Wildman–Crippen LogP) is 3.73. The number of oxime groups is 2. The van der Waals surface area contributed by atoms with Gasteiger partial charge in [-0.15, -0.1) is 0 Å². The summed E-state index contributed by atoms with van der Waals surface area (Å²) >= 11 is 0. The molecule has 0 saturated carbocycles. The van der Waals surface area contributed by atoms with E-state index in [-0.39, 0.29) is 23.6 Å². The van der Waals surface area contributed by atoms with Crippen molar-refractivity contribution >= 4 is 17.4 Å². The van der Waals surface area contributed by atoms with Crippen LogP contribution in [0.25, 0.3) is 0 Å². The fraction of sp³-hybridized carbons (Fsp3) is 0.435. The van der Waals surface area contributed by atoms with Crippen molar-refractivity contribution in [3.05, 3.63) is 46.6 Å². The van der Waals surface area contributed by atoms with Crippen LogP contribution in [0.15, 0.2) is 40.2 Å². The molecule has 1 aromatic rings. The molecular formula is C23H30N2O7. The number of rotatable bonds is 8. The van der Waals surface area contributed by atoms with Crippen LogP contribution >= 0.6 is 0 Å². The molecule has 1 aromatic carbocycles. The average Bonchev–Trinajstić information content (AvgIpc) is 2.73. The first-order valence-electron chi connectivity index (χ1n) is 10.0. The SMILES string of the molecule is COc1cc([C@@H](CC=C(C)C)OC(=O)CC(C)(C)O)c(OC)c2c1C(=NO)C=CC2=NO. The quantitative estimate of drug-likeness (QED) is 0.240. The topological polar surface area (TPSA) is 130 Å². The molecule has 0 aliphatic heterocycles. The number of benzene rings is 1. The van der Waals surface area contributed by atoms with E-state index >= 15 is 0 Å². The fourth-order valence-corrected chi connectivity index (χ4v) is 3.40. The summed E-state index contributed by atoms with van der Waals surface area (Å²) in [6.45, 7) is 6.89. The van der Waals surface area contributed by atoms with E-state index in [0.717, 1.165) is 5.57 Å². The summed E-state index contributed by atoms with van der Waals surface area (Å²) in [5, 5.41) is 35.7. The molecule has 9 nitrogen and oxygen atoms in total. The second-order valence-electron chi connectivity index (χ2n) is 8.24. The maximum absolute atomic E-state index is 12.5.